The number of hydrogen-bond donors (Lipinski definition) is 0. The maximum atomic E-state index is 12.8. The van der Waals surface area contributed by atoms with E-state index < -0.39 is 0 Å². The number of rotatable bonds is 1. The molecule has 1 aliphatic heterocycles. The maximum Gasteiger partial charge on any atom is 0.124 e. The van der Waals surface area contributed by atoms with Crippen molar-refractivity contribution in [2.45, 2.75) is 6.10 Å². The molecule has 1 saturated heterocycles. The highest BCUT2D eigenvalue weighted by molar-refractivity contribution is 7.59. The molecule has 1 heterocycles. The Hall–Kier alpha value is -1.05. The quantitative estimate of drug-likeness (QED) is 0.644. The van der Waals surface area contributed by atoms with E-state index >= 15 is 0 Å². The van der Waals surface area contributed by atoms with Gasteiger partial charge in [0, 0.05) is 0 Å². The summed E-state index contributed by atoms with van der Waals surface area (Å²) in [4.78, 5) is 0. The lowest BCUT2D eigenvalue weighted by atomic mass is 10.1. The van der Waals surface area contributed by atoms with Crippen molar-refractivity contribution >= 4 is 13.5 Å². The zero-order valence-electron chi connectivity index (χ0n) is 6.75. The molecule has 0 N–H and O–H groups in total. The van der Waals surface area contributed by atoms with Gasteiger partial charge in [0.2, 0.25) is 0 Å². The molecular weight excluding hydrogens is 189 g/mol. The molecule has 0 aliphatic carbocycles. The van der Waals surface area contributed by atoms with E-state index in [1.807, 2.05) is 6.07 Å². The molecule has 0 bridgehead atoms. The Morgan fingerprint density at radius 1 is 1.46 bits per heavy atom. The summed E-state index contributed by atoms with van der Waals surface area (Å²) < 4.78 is 17.8. The third kappa shape index (κ3) is 2.20. The van der Waals surface area contributed by atoms with Crippen molar-refractivity contribution in [1.29, 1.82) is 5.26 Å². The molecule has 2 nitrogen and oxygen atoms in total. The van der Waals surface area contributed by atoms with Gasteiger partial charge in [-0.15, -0.1) is 0 Å². The van der Waals surface area contributed by atoms with Gasteiger partial charge in [-0.1, -0.05) is 0 Å². The summed E-state index contributed by atoms with van der Waals surface area (Å²) in [6, 6.07) is 6.16. The van der Waals surface area contributed by atoms with Gasteiger partial charge < -0.3 is 4.74 Å². The minimum atomic E-state index is -0.375. The average molecular weight is 197 g/mol. The molecule has 0 radical (unpaired) electrons. The largest absolute Gasteiger partial charge is 0.368 e. The van der Waals surface area contributed by atoms with Crippen molar-refractivity contribution in [2.24, 2.45) is 0 Å². The second-order valence-corrected chi connectivity index (χ2v) is 2.71. The fourth-order valence-corrected chi connectivity index (χ4v) is 1.10. The fraction of sp³-hybridized carbons (Fsp3) is 0.222. The van der Waals surface area contributed by atoms with Crippen LogP contribution in [0.25, 0.3) is 0 Å². The second-order valence-electron chi connectivity index (χ2n) is 2.71. The van der Waals surface area contributed by atoms with Gasteiger partial charge in [0.05, 0.1) is 18.2 Å². The first-order chi connectivity index (χ1) is 5.79. The summed E-state index contributed by atoms with van der Waals surface area (Å²) in [6.45, 7) is 0.633. The Morgan fingerprint density at radius 2 is 2.15 bits per heavy atom. The van der Waals surface area contributed by atoms with Gasteiger partial charge in [0.1, 0.15) is 11.9 Å². The van der Waals surface area contributed by atoms with Crippen LogP contribution in [0.3, 0.4) is 0 Å². The van der Waals surface area contributed by atoms with Gasteiger partial charge in [-0.25, -0.2) is 4.39 Å². The van der Waals surface area contributed by atoms with E-state index in [-0.39, 0.29) is 25.4 Å². The van der Waals surface area contributed by atoms with Crippen LogP contribution in [0.15, 0.2) is 18.2 Å². The Balaban J connectivity index is 0.000000845. The van der Waals surface area contributed by atoms with E-state index in [9.17, 15) is 4.39 Å². The molecule has 1 aromatic carbocycles. The van der Waals surface area contributed by atoms with Crippen molar-refractivity contribution in [1.82, 2.24) is 0 Å². The smallest absolute Gasteiger partial charge is 0.124 e. The van der Waals surface area contributed by atoms with Crippen molar-refractivity contribution in [2.75, 3.05) is 6.61 Å². The van der Waals surface area contributed by atoms with E-state index in [0.29, 0.717) is 12.2 Å². The van der Waals surface area contributed by atoms with Crippen LogP contribution in [0.2, 0.25) is 0 Å². The van der Waals surface area contributed by atoms with Crippen LogP contribution in [0.1, 0.15) is 17.2 Å². The molecule has 0 amide bonds. The van der Waals surface area contributed by atoms with Crippen LogP contribution in [0, 0.1) is 17.1 Å². The van der Waals surface area contributed by atoms with Gasteiger partial charge in [-0.2, -0.15) is 18.8 Å². The minimum absolute atomic E-state index is 0. The van der Waals surface area contributed by atoms with E-state index in [4.69, 9.17) is 10.00 Å². The Labute approximate surface area is 82.4 Å². The van der Waals surface area contributed by atoms with Crippen molar-refractivity contribution in [3.63, 3.8) is 0 Å². The zero-order chi connectivity index (χ0) is 8.55. The van der Waals surface area contributed by atoms with Gasteiger partial charge in [0.15, 0.2) is 0 Å². The topological polar surface area (TPSA) is 36.3 Å². The van der Waals surface area contributed by atoms with Crippen molar-refractivity contribution in [3.05, 3.63) is 35.1 Å². The zero-order valence-corrected chi connectivity index (χ0v) is 7.75. The van der Waals surface area contributed by atoms with Gasteiger partial charge >= 0.3 is 0 Å². The highest BCUT2D eigenvalue weighted by Gasteiger charge is 2.25. The highest BCUT2D eigenvalue weighted by Crippen LogP contribution is 2.30. The Bertz CT molecular complexity index is 357. The third-order valence-corrected chi connectivity index (χ3v) is 1.75. The molecule has 1 atom stereocenters. The van der Waals surface area contributed by atoms with E-state index in [1.165, 1.54) is 12.1 Å². The molecule has 13 heavy (non-hydrogen) atoms. The standard InChI is InChI=1S/C9H6FNO.H2S/c10-8-2-6(4-11)1-7(3-8)9-5-12-9;/h1-3,9H,5H2;1H2/t9-;/m1./s1. The summed E-state index contributed by atoms with van der Waals surface area (Å²) in [5, 5.41) is 8.53. The number of epoxide rings is 1. The van der Waals surface area contributed by atoms with Crippen LogP contribution in [0.5, 0.6) is 0 Å². The summed E-state index contributed by atoms with van der Waals surface area (Å²) in [7, 11) is 0. The minimum Gasteiger partial charge on any atom is -0.368 e. The molecule has 0 aromatic heterocycles. The Kier molecular flexibility index (Phi) is 2.91. The molecule has 4 heteroatoms. The van der Waals surface area contributed by atoms with Crippen LogP contribution >= 0.6 is 13.5 Å². The van der Waals surface area contributed by atoms with Crippen LogP contribution < -0.4 is 0 Å². The summed E-state index contributed by atoms with van der Waals surface area (Å²) in [5.74, 6) is -0.375. The van der Waals surface area contributed by atoms with E-state index in [2.05, 4.69) is 0 Å². The molecule has 2 rings (SSSR count). The molecule has 68 valence electrons. The number of nitriles is 1. The van der Waals surface area contributed by atoms with Crippen LogP contribution in [-0.4, -0.2) is 6.61 Å². The first-order valence-corrected chi connectivity index (χ1v) is 3.62. The third-order valence-electron chi connectivity index (χ3n) is 1.75. The first kappa shape index (κ1) is 10.0. The lowest BCUT2D eigenvalue weighted by molar-refractivity contribution is 0.414. The monoisotopic (exact) mass is 197 g/mol. The predicted octanol–water partition coefficient (Wildman–Crippen LogP) is 1.88. The lowest BCUT2D eigenvalue weighted by Crippen LogP contribution is -1.86. The Morgan fingerprint density at radius 3 is 2.69 bits per heavy atom. The number of nitrogens with zero attached hydrogens (tertiary/aromatic N) is 1. The first-order valence-electron chi connectivity index (χ1n) is 3.62. The summed E-state index contributed by atoms with van der Waals surface area (Å²) >= 11 is 0. The summed E-state index contributed by atoms with van der Waals surface area (Å²) in [5.41, 5.74) is 1.10. The lowest BCUT2D eigenvalue weighted by Gasteiger charge is -1.96. The second kappa shape index (κ2) is 3.77. The van der Waals surface area contributed by atoms with E-state index in [1.54, 1.807) is 6.07 Å². The number of halogens is 1. The molecule has 1 aliphatic rings. The van der Waals surface area contributed by atoms with Crippen molar-refractivity contribution < 1.29 is 9.13 Å². The average Bonchev–Trinajstić information content (AvgIpc) is 2.85. The predicted molar refractivity (Wildman–Crippen MR) is 50.2 cm³/mol. The van der Waals surface area contributed by atoms with Gasteiger partial charge in [0.25, 0.3) is 0 Å². The van der Waals surface area contributed by atoms with Gasteiger partial charge in [-0.3, -0.25) is 0 Å². The molecule has 1 fully saturated rings. The van der Waals surface area contributed by atoms with Crippen molar-refractivity contribution in [3.8, 4) is 6.07 Å². The number of benzene rings is 1. The summed E-state index contributed by atoms with van der Waals surface area (Å²) in [6.07, 6.45) is 0.00722. The maximum absolute atomic E-state index is 12.8. The molecule has 0 spiro atoms. The highest BCUT2D eigenvalue weighted by atomic mass is 32.1. The normalized spacial score (nSPS) is 18.6. The molecule has 0 unspecified atom stereocenters. The number of hydrogen-bond acceptors (Lipinski definition) is 2. The fourth-order valence-electron chi connectivity index (χ4n) is 1.10. The molecule has 0 saturated carbocycles. The molecule has 1 aromatic rings. The van der Waals surface area contributed by atoms with Crippen LogP contribution in [0.4, 0.5) is 4.39 Å². The van der Waals surface area contributed by atoms with Gasteiger partial charge in [-0.05, 0) is 23.8 Å². The number of ether oxygens (including phenoxy) is 1. The molecular formula is C9H8FNOS. The van der Waals surface area contributed by atoms with E-state index in [0.717, 1.165) is 5.56 Å². The van der Waals surface area contributed by atoms with Crippen LogP contribution in [-0.2, 0) is 4.74 Å². The SMILES string of the molecule is N#Cc1cc(F)cc([C@H]2CO2)c1.S.